The van der Waals surface area contributed by atoms with Gasteiger partial charge in [0.05, 0.1) is 6.10 Å². The van der Waals surface area contributed by atoms with E-state index in [1.807, 2.05) is 12.1 Å². The summed E-state index contributed by atoms with van der Waals surface area (Å²) in [6.45, 7) is 6.28. The van der Waals surface area contributed by atoms with Crippen LogP contribution in [0.4, 0.5) is 0 Å². The quantitative estimate of drug-likeness (QED) is 0.666. The Hall–Kier alpha value is -0.980. The van der Waals surface area contributed by atoms with E-state index in [0.717, 1.165) is 12.2 Å². The van der Waals surface area contributed by atoms with Gasteiger partial charge in [-0.2, -0.15) is 0 Å². The van der Waals surface area contributed by atoms with E-state index in [2.05, 4.69) is 32.9 Å². The lowest BCUT2D eigenvalue weighted by atomic mass is 10.2. The van der Waals surface area contributed by atoms with Gasteiger partial charge in [0.1, 0.15) is 5.75 Å². The zero-order chi connectivity index (χ0) is 8.97. The van der Waals surface area contributed by atoms with E-state index in [0.29, 0.717) is 6.10 Å². The maximum Gasteiger partial charge on any atom is 0.119 e. The lowest BCUT2D eigenvalue weighted by molar-refractivity contribution is 0.217. The summed E-state index contributed by atoms with van der Waals surface area (Å²) in [6, 6.07) is 8.15. The summed E-state index contributed by atoms with van der Waals surface area (Å²) in [5, 5.41) is 0. The van der Waals surface area contributed by atoms with Gasteiger partial charge in [-0.15, -0.1) is 0 Å². The fraction of sp³-hybridized carbons (Fsp3) is 0.455. The molecule has 1 rings (SSSR count). The topological polar surface area (TPSA) is 9.23 Å². The average Bonchev–Trinajstić information content (AvgIpc) is 2.04. The van der Waals surface area contributed by atoms with Gasteiger partial charge in [0.15, 0.2) is 0 Å². The molecule has 1 heteroatoms. The molecule has 0 unspecified atom stereocenters. The van der Waals surface area contributed by atoms with Crippen LogP contribution in [0.1, 0.15) is 25.8 Å². The molecule has 1 nitrogen and oxygen atoms in total. The minimum absolute atomic E-state index is 0.312. The summed E-state index contributed by atoms with van der Waals surface area (Å²) in [4.78, 5) is 0. The van der Waals surface area contributed by atoms with Gasteiger partial charge in [0.2, 0.25) is 0 Å². The first kappa shape index (κ1) is 9.11. The number of aryl methyl sites for hydroxylation is 1. The van der Waals surface area contributed by atoms with Crippen LogP contribution in [0.2, 0.25) is 0 Å². The van der Waals surface area contributed by atoms with Crippen molar-refractivity contribution in [3.8, 4) is 5.75 Å². The highest BCUT2D eigenvalue weighted by Crippen LogP contribution is 2.14. The molecule has 0 fully saturated rings. The van der Waals surface area contributed by atoms with Gasteiger partial charge >= 0.3 is 0 Å². The first-order valence-electron chi connectivity index (χ1n) is 4.45. The summed E-state index contributed by atoms with van der Waals surface area (Å²) in [6.07, 6.45) is 1.36. The standard InChI is InChI=1S/C11H16O/c1-4-10(3)12-11-7-5-6-9(2)8-11/h5-8,10H,4H2,1-3H3/t10-/m0/s1. The molecule has 12 heavy (non-hydrogen) atoms. The smallest absolute Gasteiger partial charge is 0.119 e. The van der Waals surface area contributed by atoms with E-state index >= 15 is 0 Å². The van der Waals surface area contributed by atoms with Gasteiger partial charge in [-0.25, -0.2) is 0 Å². The highest BCUT2D eigenvalue weighted by atomic mass is 16.5. The minimum atomic E-state index is 0.312. The predicted molar refractivity (Wildman–Crippen MR) is 51.6 cm³/mol. The van der Waals surface area contributed by atoms with Crippen molar-refractivity contribution < 1.29 is 4.74 Å². The van der Waals surface area contributed by atoms with Crippen molar-refractivity contribution in [2.75, 3.05) is 0 Å². The van der Waals surface area contributed by atoms with Crippen LogP contribution in [0.25, 0.3) is 0 Å². The number of ether oxygens (including phenoxy) is 1. The molecule has 0 saturated carbocycles. The minimum Gasteiger partial charge on any atom is -0.491 e. The Balaban J connectivity index is 2.63. The van der Waals surface area contributed by atoms with Crippen molar-refractivity contribution in [1.29, 1.82) is 0 Å². The van der Waals surface area contributed by atoms with Crippen molar-refractivity contribution in [3.05, 3.63) is 29.8 Å². The zero-order valence-corrected chi connectivity index (χ0v) is 8.00. The van der Waals surface area contributed by atoms with Gasteiger partial charge < -0.3 is 4.74 Å². The second kappa shape index (κ2) is 4.15. The summed E-state index contributed by atoms with van der Waals surface area (Å²) in [7, 11) is 0. The van der Waals surface area contributed by atoms with E-state index < -0.39 is 0 Å². The third-order valence-electron chi connectivity index (χ3n) is 1.90. The Morgan fingerprint density at radius 1 is 1.42 bits per heavy atom. The molecule has 66 valence electrons. The van der Waals surface area contributed by atoms with Crippen molar-refractivity contribution >= 4 is 0 Å². The lowest BCUT2D eigenvalue weighted by Gasteiger charge is -2.12. The van der Waals surface area contributed by atoms with Crippen molar-refractivity contribution in [2.24, 2.45) is 0 Å². The van der Waals surface area contributed by atoms with Crippen molar-refractivity contribution in [3.63, 3.8) is 0 Å². The summed E-state index contributed by atoms with van der Waals surface area (Å²) in [5.41, 5.74) is 1.25. The van der Waals surface area contributed by atoms with Crippen LogP contribution in [0.5, 0.6) is 5.75 Å². The fourth-order valence-electron chi connectivity index (χ4n) is 1.00. The van der Waals surface area contributed by atoms with Crippen LogP contribution in [0.3, 0.4) is 0 Å². The van der Waals surface area contributed by atoms with Gasteiger partial charge in [0.25, 0.3) is 0 Å². The highest BCUT2D eigenvalue weighted by molar-refractivity contribution is 5.27. The Labute approximate surface area is 74.4 Å². The number of benzene rings is 1. The summed E-state index contributed by atoms with van der Waals surface area (Å²) >= 11 is 0. The maximum atomic E-state index is 5.64. The summed E-state index contributed by atoms with van der Waals surface area (Å²) < 4.78 is 5.64. The molecule has 1 aromatic rings. The predicted octanol–water partition coefficient (Wildman–Crippen LogP) is 3.17. The van der Waals surface area contributed by atoms with Gasteiger partial charge in [-0.3, -0.25) is 0 Å². The number of rotatable bonds is 3. The van der Waals surface area contributed by atoms with E-state index in [9.17, 15) is 0 Å². The Morgan fingerprint density at radius 2 is 2.17 bits per heavy atom. The van der Waals surface area contributed by atoms with E-state index in [-0.39, 0.29) is 0 Å². The maximum absolute atomic E-state index is 5.64. The van der Waals surface area contributed by atoms with Crippen LogP contribution in [-0.2, 0) is 0 Å². The lowest BCUT2D eigenvalue weighted by Crippen LogP contribution is -2.09. The molecule has 0 N–H and O–H groups in total. The first-order valence-corrected chi connectivity index (χ1v) is 4.45. The first-order chi connectivity index (χ1) is 5.72. The van der Waals surface area contributed by atoms with Crippen LogP contribution in [0, 0.1) is 6.92 Å². The Bertz CT molecular complexity index is 243. The zero-order valence-electron chi connectivity index (χ0n) is 8.00. The summed E-state index contributed by atoms with van der Waals surface area (Å²) in [5.74, 6) is 0.976. The molecule has 0 amide bonds. The monoisotopic (exact) mass is 164 g/mol. The van der Waals surface area contributed by atoms with E-state index in [1.165, 1.54) is 5.56 Å². The van der Waals surface area contributed by atoms with Gasteiger partial charge in [0, 0.05) is 0 Å². The normalized spacial score (nSPS) is 12.6. The molecule has 0 saturated heterocycles. The third-order valence-corrected chi connectivity index (χ3v) is 1.90. The van der Waals surface area contributed by atoms with Crippen molar-refractivity contribution in [2.45, 2.75) is 33.3 Å². The molecular formula is C11H16O. The fourth-order valence-corrected chi connectivity index (χ4v) is 1.00. The molecule has 0 bridgehead atoms. The SMILES string of the molecule is CC[C@H](C)Oc1cccc(C)c1. The van der Waals surface area contributed by atoms with Gasteiger partial charge in [-0.1, -0.05) is 19.1 Å². The number of hydrogen-bond donors (Lipinski definition) is 0. The third kappa shape index (κ3) is 2.57. The second-order valence-corrected chi connectivity index (χ2v) is 3.15. The molecule has 1 atom stereocenters. The van der Waals surface area contributed by atoms with Gasteiger partial charge in [-0.05, 0) is 38.0 Å². The van der Waals surface area contributed by atoms with E-state index in [1.54, 1.807) is 0 Å². The van der Waals surface area contributed by atoms with Crippen LogP contribution >= 0.6 is 0 Å². The molecule has 0 spiro atoms. The molecule has 0 aliphatic heterocycles. The number of hydrogen-bond acceptors (Lipinski definition) is 1. The van der Waals surface area contributed by atoms with Crippen LogP contribution < -0.4 is 4.74 Å². The molecule has 0 radical (unpaired) electrons. The second-order valence-electron chi connectivity index (χ2n) is 3.15. The largest absolute Gasteiger partial charge is 0.491 e. The molecule has 0 heterocycles. The molecule has 0 aliphatic rings. The Morgan fingerprint density at radius 3 is 2.75 bits per heavy atom. The Kier molecular flexibility index (Phi) is 3.15. The molecule has 0 aliphatic carbocycles. The average molecular weight is 164 g/mol. The van der Waals surface area contributed by atoms with E-state index in [4.69, 9.17) is 4.74 Å². The van der Waals surface area contributed by atoms with Crippen LogP contribution in [-0.4, -0.2) is 6.10 Å². The molecule has 1 aromatic carbocycles. The molecule has 0 aromatic heterocycles. The van der Waals surface area contributed by atoms with Crippen LogP contribution in [0.15, 0.2) is 24.3 Å². The highest BCUT2D eigenvalue weighted by Gasteiger charge is 1.99. The van der Waals surface area contributed by atoms with Crippen molar-refractivity contribution in [1.82, 2.24) is 0 Å². The molecular weight excluding hydrogens is 148 g/mol.